The number of nitrogens with one attached hydrogen (secondary N) is 1. The lowest BCUT2D eigenvalue weighted by Gasteiger charge is -2.35. The van der Waals surface area contributed by atoms with Crippen LogP contribution in [0.1, 0.15) is 46.5 Å². The van der Waals surface area contributed by atoms with Crippen molar-refractivity contribution < 1.29 is 5.11 Å². The fourth-order valence-electron chi connectivity index (χ4n) is 2.30. The molecular weight excluding hydrogens is 174 g/mol. The molecule has 0 aliphatic carbocycles. The monoisotopic (exact) mass is 199 g/mol. The van der Waals surface area contributed by atoms with Gasteiger partial charge in [0, 0.05) is 6.04 Å². The number of rotatable bonds is 4. The van der Waals surface area contributed by atoms with Crippen molar-refractivity contribution in [2.75, 3.05) is 6.54 Å². The molecule has 14 heavy (non-hydrogen) atoms. The Morgan fingerprint density at radius 3 is 2.71 bits per heavy atom. The molecule has 1 heterocycles. The molecule has 1 fully saturated rings. The Hall–Kier alpha value is -0.0800. The van der Waals surface area contributed by atoms with Crippen LogP contribution in [0.5, 0.6) is 0 Å². The number of aliphatic hydroxyl groups is 1. The summed E-state index contributed by atoms with van der Waals surface area (Å²) in [6, 6.07) is 0.337. The van der Waals surface area contributed by atoms with Crippen LogP contribution in [0.2, 0.25) is 0 Å². The first-order valence-electron chi connectivity index (χ1n) is 6.10. The van der Waals surface area contributed by atoms with Crippen LogP contribution >= 0.6 is 0 Å². The standard InChI is InChI=1S/C12H25NO/c1-4-9(3)12(14)11-8-10(5-2)6-7-13-11/h9-14H,4-8H2,1-3H3. The summed E-state index contributed by atoms with van der Waals surface area (Å²) in [5, 5.41) is 13.5. The molecule has 0 aromatic carbocycles. The first kappa shape index (κ1) is 12.0. The zero-order chi connectivity index (χ0) is 10.6. The molecular formula is C12H25NO. The number of piperidine rings is 1. The van der Waals surface area contributed by atoms with Crippen LogP contribution in [-0.4, -0.2) is 23.8 Å². The van der Waals surface area contributed by atoms with Crippen molar-refractivity contribution in [3.63, 3.8) is 0 Å². The van der Waals surface area contributed by atoms with E-state index in [4.69, 9.17) is 0 Å². The van der Waals surface area contributed by atoms with Crippen molar-refractivity contribution in [1.82, 2.24) is 5.32 Å². The van der Waals surface area contributed by atoms with Gasteiger partial charge in [0.1, 0.15) is 0 Å². The number of aliphatic hydroxyl groups excluding tert-OH is 1. The molecule has 2 heteroatoms. The largest absolute Gasteiger partial charge is 0.391 e. The van der Waals surface area contributed by atoms with E-state index in [2.05, 4.69) is 26.1 Å². The molecule has 0 aromatic rings. The molecule has 0 amide bonds. The predicted octanol–water partition coefficient (Wildman–Crippen LogP) is 2.17. The highest BCUT2D eigenvalue weighted by molar-refractivity contribution is 4.85. The zero-order valence-corrected chi connectivity index (χ0v) is 9.79. The van der Waals surface area contributed by atoms with Crippen molar-refractivity contribution in [1.29, 1.82) is 0 Å². The quantitative estimate of drug-likeness (QED) is 0.727. The van der Waals surface area contributed by atoms with E-state index < -0.39 is 0 Å². The molecule has 2 N–H and O–H groups in total. The van der Waals surface area contributed by atoms with Crippen LogP contribution in [0, 0.1) is 11.8 Å². The van der Waals surface area contributed by atoms with E-state index in [0.717, 1.165) is 25.3 Å². The fourth-order valence-corrected chi connectivity index (χ4v) is 2.30. The SMILES string of the molecule is CCC1CCNC(C(O)C(C)CC)C1. The van der Waals surface area contributed by atoms with Gasteiger partial charge in [0.2, 0.25) is 0 Å². The van der Waals surface area contributed by atoms with Gasteiger partial charge in [-0.15, -0.1) is 0 Å². The zero-order valence-electron chi connectivity index (χ0n) is 9.79. The van der Waals surface area contributed by atoms with E-state index in [1.807, 2.05) is 0 Å². The third kappa shape index (κ3) is 2.96. The van der Waals surface area contributed by atoms with Crippen molar-refractivity contribution in [2.45, 2.75) is 58.6 Å². The van der Waals surface area contributed by atoms with Crippen molar-refractivity contribution in [3.05, 3.63) is 0 Å². The third-order valence-corrected chi connectivity index (χ3v) is 3.76. The lowest BCUT2D eigenvalue weighted by atomic mass is 9.84. The summed E-state index contributed by atoms with van der Waals surface area (Å²) < 4.78 is 0. The van der Waals surface area contributed by atoms with E-state index in [9.17, 15) is 5.11 Å². The van der Waals surface area contributed by atoms with Gasteiger partial charge in [-0.3, -0.25) is 0 Å². The molecule has 0 aromatic heterocycles. The molecule has 1 aliphatic rings. The lowest BCUT2D eigenvalue weighted by molar-refractivity contribution is 0.0529. The topological polar surface area (TPSA) is 32.3 Å². The number of hydrogen-bond donors (Lipinski definition) is 2. The van der Waals surface area contributed by atoms with Gasteiger partial charge >= 0.3 is 0 Å². The van der Waals surface area contributed by atoms with Crippen molar-refractivity contribution in [2.24, 2.45) is 11.8 Å². The molecule has 2 nitrogen and oxygen atoms in total. The summed E-state index contributed by atoms with van der Waals surface area (Å²) in [6.07, 6.45) is 4.60. The van der Waals surface area contributed by atoms with Gasteiger partial charge in [-0.2, -0.15) is 0 Å². The van der Waals surface area contributed by atoms with Gasteiger partial charge in [0.15, 0.2) is 0 Å². The molecule has 1 aliphatic heterocycles. The van der Waals surface area contributed by atoms with Crippen molar-refractivity contribution >= 4 is 0 Å². The highest BCUT2D eigenvalue weighted by Gasteiger charge is 2.28. The summed E-state index contributed by atoms with van der Waals surface area (Å²) in [5.41, 5.74) is 0. The maximum absolute atomic E-state index is 10.1. The average molecular weight is 199 g/mol. The lowest BCUT2D eigenvalue weighted by Crippen LogP contribution is -2.48. The molecule has 0 spiro atoms. The normalized spacial score (nSPS) is 32.6. The van der Waals surface area contributed by atoms with Gasteiger partial charge in [0.25, 0.3) is 0 Å². The van der Waals surface area contributed by atoms with Gasteiger partial charge in [-0.1, -0.05) is 33.6 Å². The highest BCUT2D eigenvalue weighted by Crippen LogP contribution is 2.24. The van der Waals surface area contributed by atoms with Gasteiger partial charge < -0.3 is 10.4 Å². The first-order valence-corrected chi connectivity index (χ1v) is 6.10. The Kier molecular flexibility index (Phi) is 4.90. The molecule has 84 valence electrons. The highest BCUT2D eigenvalue weighted by atomic mass is 16.3. The minimum absolute atomic E-state index is 0.158. The molecule has 1 saturated heterocycles. The predicted molar refractivity (Wildman–Crippen MR) is 60.3 cm³/mol. The molecule has 0 radical (unpaired) electrons. The molecule has 4 unspecified atom stereocenters. The molecule has 1 rings (SSSR count). The number of hydrogen-bond acceptors (Lipinski definition) is 2. The Bertz CT molecular complexity index is 158. The van der Waals surface area contributed by atoms with Crippen LogP contribution in [0.15, 0.2) is 0 Å². The molecule has 0 saturated carbocycles. The van der Waals surface area contributed by atoms with Gasteiger partial charge in [0.05, 0.1) is 6.10 Å². The maximum atomic E-state index is 10.1. The average Bonchev–Trinajstić information content (AvgIpc) is 2.27. The Morgan fingerprint density at radius 2 is 2.14 bits per heavy atom. The Balaban J connectivity index is 2.42. The van der Waals surface area contributed by atoms with Crippen LogP contribution in [-0.2, 0) is 0 Å². The fraction of sp³-hybridized carbons (Fsp3) is 1.00. The summed E-state index contributed by atoms with van der Waals surface area (Å²) in [6.45, 7) is 7.62. The second kappa shape index (κ2) is 5.72. The summed E-state index contributed by atoms with van der Waals surface area (Å²) in [5.74, 6) is 1.24. The Morgan fingerprint density at radius 1 is 1.43 bits per heavy atom. The third-order valence-electron chi connectivity index (χ3n) is 3.76. The maximum Gasteiger partial charge on any atom is 0.0718 e. The van der Waals surface area contributed by atoms with Gasteiger partial charge in [-0.25, -0.2) is 0 Å². The second-order valence-corrected chi connectivity index (χ2v) is 4.74. The summed E-state index contributed by atoms with van der Waals surface area (Å²) in [4.78, 5) is 0. The van der Waals surface area contributed by atoms with E-state index in [-0.39, 0.29) is 6.10 Å². The summed E-state index contributed by atoms with van der Waals surface area (Å²) in [7, 11) is 0. The minimum Gasteiger partial charge on any atom is -0.391 e. The van der Waals surface area contributed by atoms with Gasteiger partial charge in [-0.05, 0) is 31.2 Å². The van der Waals surface area contributed by atoms with Crippen LogP contribution in [0.3, 0.4) is 0 Å². The Labute approximate surface area is 88.1 Å². The van der Waals surface area contributed by atoms with E-state index >= 15 is 0 Å². The van der Waals surface area contributed by atoms with Crippen LogP contribution in [0.25, 0.3) is 0 Å². The first-order chi connectivity index (χ1) is 6.69. The second-order valence-electron chi connectivity index (χ2n) is 4.74. The minimum atomic E-state index is -0.158. The van der Waals surface area contributed by atoms with Crippen LogP contribution in [0.4, 0.5) is 0 Å². The molecule has 0 bridgehead atoms. The summed E-state index contributed by atoms with van der Waals surface area (Å²) >= 11 is 0. The van der Waals surface area contributed by atoms with E-state index in [1.54, 1.807) is 0 Å². The van der Waals surface area contributed by atoms with Crippen LogP contribution < -0.4 is 5.32 Å². The molecule has 4 atom stereocenters. The smallest absolute Gasteiger partial charge is 0.0718 e. The van der Waals surface area contributed by atoms with E-state index in [0.29, 0.717) is 12.0 Å². The van der Waals surface area contributed by atoms with E-state index in [1.165, 1.54) is 12.8 Å². The van der Waals surface area contributed by atoms with Crippen molar-refractivity contribution in [3.8, 4) is 0 Å².